The molecule has 2 rings (SSSR count). The number of rotatable bonds is 0. The summed E-state index contributed by atoms with van der Waals surface area (Å²) in [6.45, 7) is -2.25. The van der Waals surface area contributed by atoms with Crippen molar-refractivity contribution in [2.75, 3.05) is 5.73 Å². The molecular formula is C7H7IN4. The highest BCUT2D eigenvalue weighted by atomic mass is 127. The molecule has 62 valence electrons. The summed E-state index contributed by atoms with van der Waals surface area (Å²) in [7, 11) is 0. The molecular weight excluding hydrogens is 267 g/mol. The van der Waals surface area contributed by atoms with E-state index < -0.39 is 6.98 Å². The van der Waals surface area contributed by atoms with Crippen LogP contribution in [0.3, 0.4) is 0 Å². The zero-order valence-corrected chi connectivity index (χ0v) is 8.11. The van der Waals surface area contributed by atoms with Crippen LogP contribution in [0.1, 0.15) is 4.11 Å². The van der Waals surface area contributed by atoms with Gasteiger partial charge in [-0.3, -0.25) is 0 Å². The Morgan fingerprint density at radius 2 is 2.50 bits per heavy atom. The normalized spacial score (nSPS) is 15.6. The maximum atomic E-state index is 7.33. The predicted octanol–water partition coefficient (Wildman–Crippen LogP) is 1.16. The number of aromatic nitrogens is 3. The van der Waals surface area contributed by atoms with Crippen LogP contribution in [0, 0.1) is 3.57 Å². The standard InChI is InChI=1S/C7H7IN4/c1-12-2-4(8)5-6(9)10-3-11-7(5)12/h2-3H,1H3,(H2,9,10,11)/i1D3. The molecule has 0 saturated heterocycles. The summed E-state index contributed by atoms with van der Waals surface area (Å²) >= 11 is 2.01. The van der Waals surface area contributed by atoms with Crippen LogP contribution in [0.15, 0.2) is 12.5 Å². The van der Waals surface area contributed by atoms with Gasteiger partial charge in [0.25, 0.3) is 0 Å². The van der Waals surface area contributed by atoms with Crippen molar-refractivity contribution in [1.82, 2.24) is 14.5 Å². The van der Waals surface area contributed by atoms with Crippen LogP contribution in [0.25, 0.3) is 11.0 Å². The molecule has 0 fully saturated rings. The van der Waals surface area contributed by atoms with E-state index in [1.54, 1.807) is 0 Å². The van der Waals surface area contributed by atoms with Gasteiger partial charge in [-0.25, -0.2) is 9.97 Å². The molecule has 0 radical (unpaired) electrons. The molecule has 0 amide bonds. The van der Waals surface area contributed by atoms with Crippen molar-refractivity contribution in [3.63, 3.8) is 0 Å². The first-order valence-corrected chi connectivity index (χ1v) is 4.26. The SMILES string of the molecule is [2H]C([2H])([2H])n1cc(I)c2c(N)ncnc21. The summed E-state index contributed by atoms with van der Waals surface area (Å²) in [6.07, 6.45) is 2.76. The van der Waals surface area contributed by atoms with Crippen LogP contribution in [0.4, 0.5) is 5.82 Å². The van der Waals surface area contributed by atoms with E-state index in [9.17, 15) is 0 Å². The lowest BCUT2D eigenvalue weighted by molar-refractivity contribution is 0.942. The fourth-order valence-corrected chi connectivity index (χ4v) is 1.84. The van der Waals surface area contributed by atoms with Gasteiger partial charge in [-0.1, -0.05) is 0 Å². The molecule has 0 aliphatic carbocycles. The Balaban J connectivity index is 2.85. The number of hydrogen-bond acceptors (Lipinski definition) is 3. The van der Waals surface area contributed by atoms with Gasteiger partial charge >= 0.3 is 0 Å². The van der Waals surface area contributed by atoms with Crippen LogP contribution >= 0.6 is 22.6 Å². The summed E-state index contributed by atoms with van der Waals surface area (Å²) < 4.78 is 23.9. The van der Waals surface area contributed by atoms with Gasteiger partial charge < -0.3 is 10.3 Å². The number of nitrogens with two attached hydrogens (primary N) is 1. The van der Waals surface area contributed by atoms with Crippen LogP contribution in [-0.4, -0.2) is 14.5 Å². The van der Waals surface area contributed by atoms with Gasteiger partial charge in [-0.15, -0.1) is 0 Å². The number of hydrogen-bond donors (Lipinski definition) is 1. The molecule has 0 aliphatic rings. The minimum Gasteiger partial charge on any atom is -0.383 e. The first-order chi connectivity index (χ1) is 6.91. The Bertz CT molecular complexity index is 519. The molecule has 4 nitrogen and oxygen atoms in total. The number of nitrogen functional groups attached to an aromatic ring is 1. The Kier molecular flexibility index (Phi) is 1.08. The Hall–Kier alpha value is -0.850. The quantitative estimate of drug-likeness (QED) is 0.735. The fourth-order valence-electron chi connectivity index (χ4n) is 1.04. The fraction of sp³-hybridized carbons (Fsp3) is 0.143. The number of aryl methyl sites for hydroxylation is 1. The molecule has 0 saturated carbocycles. The maximum absolute atomic E-state index is 7.33. The van der Waals surface area contributed by atoms with Gasteiger partial charge in [0.2, 0.25) is 0 Å². The van der Waals surface area contributed by atoms with Gasteiger partial charge in [-0.2, -0.15) is 0 Å². The minimum absolute atomic E-state index is 0.299. The molecule has 5 heteroatoms. The van der Waals surface area contributed by atoms with E-state index in [2.05, 4.69) is 9.97 Å². The zero-order valence-electron chi connectivity index (χ0n) is 8.95. The van der Waals surface area contributed by atoms with Gasteiger partial charge in [0.15, 0.2) is 0 Å². The Morgan fingerprint density at radius 3 is 3.25 bits per heavy atom. The molecule has 2 aromatic rings. The predicted molar refractivity (Wildman–Crippen MR) is 55.6 cm³/mol. The minimum atomic E-state index is -2.25. The van der Waals surface area contributed by atoms with Crippen LogP contribution < -0.4 is 5.73 Å². The van der Waals surface area contributed by atoms with Crippen LogP contribution in [0.5, 0.6) is 0 Å². The summed E-state index contributed by atoms with van der Waals surface area (Å²) in [4.78, 5) is 7.76. The average Bonchev–Trinajstić information content (AvgIpc) is 2.44. The molecule has 2 aromatic heterocycles. The monoisotopic (exact) mass is 277 g/mol. The van der Waals surface area contributed by atoms with Crippen molar-refractivity contribution >= 4 is 39.4 Å². The van der Waals surface area contributed by atoms with E-state index in [-0.39, 0.29) is 0 Å². The van der Waals surface area contributed by atoms with E-state index in [4.69, 9.17) is 9.85 Å². The summed E-state index contributed by atoms with van der Waals surface area (Å²) in [5.41, 5.74) is 6.00. The summed E-state index contributed by atoms with van der Waals surface area (Å²) in [5, 5.41) is 0.592. The van der Waals surface area contributed by atoms with Gasteiger partial charge in [0, 0.05) is 20.9 Å². The third kappa shape index (κ3) is 0.961. The average molecular weight is 277 g/mol. The lowest BCUT2D eigenvalue weighted by Crippen LogP contribution is -1.94. The van der Waals surface area contributed by atoms with Crippen molar-refractivity contribution in [2.45, 2.75) is 0 Å². The van der Waals surface area contributed by atoms with E-state index in [0.29, 0.717) is 16.9 Å². The number of anilines is 1. The van der Waals surface area contributed by atoms with Gasteiger partial charge in [-0.05, 0) is 22.6 Å². The molecule has 2 heterocycles. The van der Waals surface area contributed by atoms with Crippen molar-refractivity contribution in [3.05, 3.63) is 16.1 Å². The third-order valence-electron chi connectivity index (χ3n) is 1.57. The lowest BCUT2D eigenvalue weighted by atomic mass is 10.4. The largest absolute Gasteiger partial charge is 0.383 e. The van der Waals surface area contributed by atoms with E-state index in [1.165, 1.54) is 12.5 Å². The molecule has 0 aromatic carbocycles. The number of halogens is 1. The van der Waals surface area contributed by atoms with Crippen LogP contribution in [-0.2, 0) is 6.98 Å². The third-order valence-corrected chi connectivity index (χ3v) is 2.38. The highest BCUT2D eigenvalue weighted by Gasteiger charge is 2.08. The van der Waals surface area contributed by atoms with Crippen LogP contribution in [0.2, 0.25) is 0 Å². The molecule has 0 atom stereocenters. The molecule has 0 aliphatic heterocycles. The number of fused-ring (bicyclic) bond motifs is 1. The van der Waals surface area contributed by atoms with Crippen molar-refractivity contribution in [3.8, 4) is 0 Å². The van der Waals surface area contributed by atoms with Gasteiger partial charge in [0.05, 0.1) is 5.39 Å². The van der Waals surface area contributed by atoms with Crippen molar-refractivity contribution in [2.24, 2.45) is 6.98 Å². The highest BCUT2D eigenvalue weighted by Crippen LogP contribution is 2.23. The van der Waals surface area contributed by atoms with E-state index >= 15 is 0 Å². The highest BCUT2D eigenvalue weighted by molar-refractivity contribution is 14.1. The molecule has 0 bridgehead atoms. The summed E-state index contributed by atoms with van der Waals surface area (Å²) in [6, 6.07) is 0. The second-order valence-corrected chi connectivity index (χ2v) is 3.47. The molecule has 12 heavy (non-hydrogen) atoms. The smallest absolute Gasteiger partial charge is 0.146 e. The Labute approximate surface area is 87.2 Å². The zero-order chi connectivity index (χ0) is 11.2. The Morgan fingerprint density at radius 1 is 1.67 bits per heavy atom. The topological polar surface area (TPSA) is 56.7 Å². The molecule has 0 unspecified atom stereocenters. The molecule has 2 N–H and O–H groups in total. The summed E-state index contributed by atoms with van der Waals surface area (Å²) in [5.74, 6) is 0.299. The van der Waals surface area contributed by atoms with Gasteiger partial charge in [0.1, 0.15) is 17.8 Å². The molecule has 0 spiro atoms. The second kappa shape index (κ2) is 2.58. The lowest BCUT2D eigenvalue weighted by Gasteiger charge is -1.95. The maximum Gasteiger partial charge on any atom is 0.146 e. The number of nitrogens with zero attached hydrogens (tertiary/aromatic N) is 3. The second-order valence-electron chi connectivity index (χ2n) is 2.30. The van der Waals surface area contributed by atoms with Crippen molar-refractivity contribution < 1.29 is 4.11 Å². The van der Waals surface area contributed by atoms with E-state index in [1.807, 2.05) is 22.6 Å². The first kappa shape index (κ1) is 5.00. The first-order valence-electron chi connectivity index (χ1n) is 4.69. The van der Waals surface area contributed by atoms with Crippen molar-refractivity contribution in [1.29, 1.82) is 0 Å². The van der Waals surface area contributed by atoms with E-state index in [0.717, 1.165) is 8.14 Å².